The number of fused-ring (bicyclic) bond motifs is 1. The van der Waals surface area contributed by atoms with Crippen LogP contribution >= 0.6 is 15.9 Å². The van der Waals surface area contributed by atoms with Gasteiger partial charge in [-0.3, -0.25) is 4.40 Å². The SMILES string of the molecule is Fc1ccc(-c2nc3ncccn3c2Br)cc1. The number of hydrogen-bond acceptors (Lipinski definition) is 2. The second kappa shape index (κ2) is 3.92. The lowest BCUT2D eigenvalue weighted by Crippen LogP contribution is -1.85. The molecule has 3 rings (SSSR count). The molecule has 1 aromatic carbocycles. The van der Waals surface area contributed by atoms with Crippen LogP contribution in [0.2, 0.25) is 0 Å². The van der Waals surface area contributed by atoms with Crippen LogP contribution in [0, 0.1) is 5.82 Å². The van der Waals surface area contributed by atoms with E-state index >= 15 is 0 Å². The molecular weight excluding hydrogens is 285 g/mol. The molecule has 0 aliphatic carbocycles. The molecule has 2 heterocycles. The molecule has 0 saturated carbocycles. The molecule has 0 amide bonds. The third-order valence-corrected chi connectivity index (χ3v) is 3.22. The molecule has 0 fully saturated rings. The molecule has 5 heteroatoms. The summed E-state index contributed by atoms with van der Waals surface area (Å²) in [4.78, 5) is 8.55. The standard InChI is InChI=1S/C12H7BrFN3/c13-11-10(8-2-4-9(14)5-3-8)16-12-15-6-1-7-17(11)12/h1-7H. The Kier molecular flexibility index (Phi) is 2.40. The Bertz CT molecular complexity index is 676. The highest BCUT2D eigenvalue weighted by molar-refractivity contribution is 9.10. The van der Waals surface area contributed by atoms with Crippen LogP contribution in [0.4, 0.5) is 4.39 Å². The van der Waals surface area contributed by atoms with Crippen LogP contribution in [-0.4, -0.2) is 14.4 Å². The number of aromatic nitrogens is 3. The van der Waals surface area contributed by atoms with Crippen LogP contribution < -0.4 is 0 Å². The fourth-order valence-corrected chi connectivity index (χ4v) is 2.25. The van der Waals surface area contributed by atoms with Gasteiger partial charge in [-0.05, 0) is 46.3 Å². The van der Waals surface area contributed by atoms with Crippen LogP contribution in [0.1, 0.15) is 0 Å². The minimum absolute atomic E-state index is 0.258. The number of benzene rings is 1. The summed E-state index contributed by atoms with van der Waals surface area (Å²) in [7, 11) is 0. The Morgan fingerprint density at radius 1 is 1.18 bits per heavy atom. The van der Waals surface area contributed by atoms with Gasteiger partial charge < -0.3 is 0 Å². The number of nitrogens with zero attached hydrogens (tertiary/aromatic N) is 3. The fraction of sp³-hybridized carbons (Fsp3) is 0. The summed E-state index contributed by atoms with van der Waals surface area (Å²) in [6.07, 6.45) is 3.55. The van der Waals surface area contributed by atoms with E-state index in [2.05, 4.69) is 25.9 Å². The predicted octanol–water partition coefficient (Wildman–Crippen LogP) is 3.30. The third-order valence-electron chi connectivity index (χ3n) is 2.46. The number of imidazole rings is 1. The second-order valence-electron chi connectivity index (χ2n) is 3.55. The first-order valence-electron chi connectivity index (χ1n) is 5.00. The van der Waals surface area contributed by atoms with Crippen molar-refractivity contribution in [1.82, 2.24) is 14.4 Å². The van der Waals surface area contributed by atoms with Crippen molar-refractivity contribution in [3.63, 3.8) is 0 Å². The Hall–Kier alpha value is -1.75. The van der Waals surface area contributed by atoms with Gasteiger partial charge in [0.25, 0.3) is 0 Å². The molecule has 0 spiro atoms. The maximum absolute atomic E-state index is 12.9. The summed E-state index contributed by atoms with van der Waals surface area (Å²) < 4.78 is 15.5. The summed E-state index contributed by atoms with van der Waals surface area (Å²) in [5.74, 6) is 0.352. The third kappa shape index (κ3) is 1.72. The first-order chi connectivity index (χ1) is 8.25. The summed E-state index contributed by atoms with van der Waals surface area (Å²) in [6, 6.07) is 8.05. The second-order valence-corrected chi connectivity index (χ2v) is 4.30. The van der Waals surface area contributed by atoms with Gasteiger partial charge in [0.15, 0.2) is 0 Å². The van der Waals surface area contributed by atoms with Crippen LogP contribution in [0.25, 0.3) is 17.0 Å². The van der Waals surface area contributed by atoms with Gasteiger partial charge in [-0.15, -0.1) is 0 Å². The van der Waals surface area contributed by atoms with Crippen LogP contribution in [0.3, 0.4) is 0 Å². The van der Waals surface area contributed by atoms with Crippen molar-refractivity contribution >= 4 is 21.7 Å². The van der Waals surface area contributed by atoms with E-state index in [9.17, 15) is 4.39 Å². The quantitative estimate of drug-likeness (QED) is 0.689. The number of hydrogen-bond donors (Lipinski definition) is 0. The molecular formula is C12H7BrFN3. The maximum atomic E-state index is 12.9. The summed E-state index contributed by atoms with van der Waals surface area (Å²) >= 11 is 3.47. The van der Waals surface area contributed by atoms with Crippen molar-refractivity contribution in [1.29, 1.82) is 0 Å². The summed E-state index contributed by atoms with van der Waals surface area (Å²) in [6.45, 7) is 0. The largest absolute Gasteiger partial charge is 0.277 e. The molecule has 0 aliphatic rings. The van der Waals surface area contributed by atoms with E-state index < -0.39 is 0 Å². The molecule has 3 nitrogen and oxygen atoms in total. The Balaban J connectivity index is 2.24. The lowest BCUT2D eigenvalue weighted by Gasteiger charge is -1.97. The highest BCUT2D eigenvalue weighted by Gasteiger charge is 2.11. The summed E-state index contributed by atoms with van der Waals surface area (Å²) in [5, 5.41) is 0. The van der Waals surface area contributed by atoms with E-state index in [-0.39, 0.29) is 5.82 Å². The maximum Gasteiger partial charge on any atom is 0.235 e. The van der Waals surface area contributed by atoms with Crippen molar-refractivity contribution in [2.75, 3.05) is 0 Å². The normalized spacial score (nSPS) is 10.9. The van der Waals surface area contributed by atoms with Crippen LogP contribution in [-0.2, 0) is 0 Å². The Morgan fingerprint density at radius 3 is 2.65 bits per heavy atom. The first-order valence-corrected chi connectivity index (χ1v) is 5.79. The molecule has 0 saturated heterocycles. The van der Waals surface area contributed by atoms with E-state index in [1.807, 2.05) is 16.7 Å². The minimum Gasteiger partial charge on any atom is -0.277 e. The van der Waals surface area contributed by atoms with Crippen molar-refractivity contribution in [3.8, 4) is 11.3 Å². The average molecular weight is 292 g/mol. The highest BCUT2D eigenvalue weighted by Crippen LogP contribution is 2.27. The molecule has 0 atom stereocenters. The zero-order chi connectivity index (χ0) is 11.8. The van der Waals surface area contributed by atoms with E-state index in [0.29, 0.717) is 5.78 Å². The molecule has 3 aromatic rings. The van der Waals surface area contributed by atoms with E-state index in [1.54, 1.807) is 18.3 Å². The average Bonchev–Trinajstić information content (AvgIpc) is 2.69. The smallest absolute Gasteiger partial charge is 0.235 e. The summed E-state index contributed by atoms with van der Waals surface area (Å²) in [5.41, 5.74) is 1.60. The molecule has 0 N–H and O–H groups in total. The monoisotopic (exact) mass is 291 g/mol. The molecule has 84 valence electrons. The van der Waals surface area contributed by atoms with Gasteiger partial charge in [0.2, 0.25) is 5.78 Å². The van der Waals surface area contributed by atoms with Gasteiger partial charge in [-0.1, -0.05) is 0 Å². The van der Waals surface area contributed by atoms with Crippen LogP contribution in [0.15, 0.2) is 47.3 Å². The lowest BCUT2D eigenvalue weighted by molar-refractivity contribution is 0.628. The first kappa shape index (κ1) is 10.4. The molecule has 0 bridgehead atoms. The van der Waals surface area contributed by atoms with Crippen molar-refractivity contribution in [3.05, 3.63) is 53.1 Å². The van der Waals surface area contributed by atoms with Crippen molar-refractivity contribution in [2.45, 2.75) is 0 Å². The van der Waals surface area contributed by atoms with Crippen LogP contribution in [0.5, 0.6) is 0 Å². The Labute approximate surface area is 105 Å². The highest BCUT2D eigenvalue weighted by atomic mass is 79.9. The molecule has 17 heavy (non-hydrogen) atoms. The van der Waals surface area contributed by atoms with Gasteiger partial charge in [-0.2, -0.15) is 0 Å². The molecule has 2 aromatic heterocycles. The zero-order valence-electron chi connectivity index (χ0n) is 8.64. The molecule has 0 radical (unpaired) electrons. The predicted molar refractivity (Wildman–Crippen MR) is 66.1 cm³/mol. The van der Waals surface area contributed by atoms with Gasteiger partial charge in [-0.25, -0.2) is 14.4 Å². The van der Waals surface area contributed by atoms with E-state index in [4.69, 9.17) is 0 Å². The Morgan fingerprint density at radius 2 is 1.94 bits per heavy atom. The van der Waals surface area contributed by atoms with E-state index in [1.165, 1.54) is 12.1 Å². The minimum atomic E-state index is -0.258. The van der Waals surface area contributed by atoms with Gasteiger partial charge in [0.05, 0.1) is 0 Å². The lowest BCUT2D eigenvalue weighted by atomic mass is 10.2. The van der Waals surface area contributed by atoms with Gasteiger partial charge >= 0.3 is 0 Å². The van der Waals surface area contributed by atoms with Crippen molar-refractivity contribution in [2.24, 2.45) is 0 Å². The molecule has 0 aliphatic heterocycles. The van der Waals surface area contributed by atoms with Gasteiger partial charge in [0.1, 0.15) is 16.1 Å². The number of rotatable bonds is 1. The molecule has 0 unspecified atom stereocenters. The fourth-order valence-electron chi connectivity index (χ4n) is 1.65. The van der Waals surface area contributed by atoms with Gasteiger partial charge in [0, 0.05) is 18.0 Å². The van der Waals surface area contributed by atoms with Crippen molar-refractivity contribution < 1.29 is 4.39 Å². The number of halogens is 2. The topological polar surface area (TPSA) is 30.2 Å². The van der Waals surface area contributed by atoms with E-state index in [0.717, 1.165) is 15.9 Å². The zero-order valence-corrected chi connectivity index (χ0v) is 10.2.